The molecule has 0 amide bonds. The quantitative estimate of drug-likeness (QED) is 0.361. The molecule has 1 aliphatic heterocycles. The normalized spacial score (nSPS) is 15.2. The Hall–Kier alpha value is -2.98. The summed E-state index contributed by atoms with van der Waals surface area (Å²) in [7, 11) is -0.545. The number of nitrogens with one attached hydrogen (secondary N) is 2. The topological polar surface area (TPSA) is 96.7 Å². The van der Waals surface area contributed by atoms with Gasteiger partial charge >= 0.3 is 6.18 Å². The van der Waals surface area contributed by atoms with E-state index in [-0.39, 0.29) is 28.8 Å². The monoisotopic (exact) mass is 566 g/mol. The zero-order valence-corrected chi connectivity index (χ0v) is 22.6. The number of likely N-dealkylation sites (tertiary alicyclic amines) is 1. The molecule has 1 fully saturated rings. The number of nitrogens with zero attached hydrogens (tertiary/aromatic N) is 1. The molecule has 0 saturated carbocycles. The standard InChI is InChI=1S/C26H29F3N4O3S2/c1-33-13-10-17(11-14-33)32-21-6-3-5-19-20(16-26(27,28)29)23(37-25(19)21)7-4-12-31-18-8-9-24(38(30,34)35)22(15-18)36-2/h3,5-6,8-9,15,17,31-32H,10-14,16H2,1-2H3,(H2,30,34,35). The van der Waals surface area contributed by atoms with Crippen LogP contribution in [-0.2, 0) is 16.4 Å². The van der Waals surface area contributed by atoms with E-state index in [1.807, 2.05) is 6.07 Å². The number of anilines is 2. The third-order valence-corrected chi connectivity index (χ3v) is 8.47. The van der Waals surface area contributed by atoms with Crippen molar-refractivity contribution in [2.24, 2.45) is 5.14 Å². The molecule has 0 aliphatic carbocycles. The number of hydrogen-bond acceptors (Lipinski definition) is 7. The van der Waals surface area contributed by atoms with Crippen LogP contribution in [0.1, 0.15) is 23.3 Å². The first kappa shape index (κ1) is 28.0. The molecule has 204 valence electrons. The molecule has 38 heavy (non-hydrogen) atoms. The van der Waals surface area contributed by atoms with Crippen LogP contribution in [0.25, 0.3) is 10.1 Å². The fraction of sp³-hybridized carbons (Fsp3) is 0.385. The molecule has 0 atom stereocenters. The maximum absolute atomic E-state index is 13.5. The predicted octanol–water partition coefficient (Wildman–Crippen LogP) is 4.63. The number of sulfonamides is 1. The lowest BCUT2D eigenvalue weighted by Gasteiger charge is -2.30. The number of rotatable bonds is 7. The SMILES string of the molecule is COc1cc(NCC#Cc2sc3c(NC4CCN(C)CC4)cccc3c2CC(F)(F)F)ccc1S(N)(=O)=O. The molecule has 7 nitrogen and oxygen atoms in total. The molecule has 12 heteroatoms. The van der Waals surface area contributed by atoms with Gasteiger partial charge in [-0.3, -0.25) is 0 Å². The van der Waals surface area contributed by atoms with E-state index in [1.165, 1.54) is 36.6 Å². The summed E-state index contributed by atoms with van der Waals surface area (Å²) in [6, 6.07) is 9.97. The van der Waals surface area contributed by atoms with Gasteiger partial charge in [-0.2, -0.15) is 13.2 Å². The van der Waals surface area contributed by atoms with Crippen LogP contribution in [0.4, 0.5) is 24.5 Å². The van der Waals surface area contributed by atoms with Crippen LogP contribution in [0.3, 0.4) is 0 Å². The second-order valence-electron chi connectivity index (χ2n) is 9.17. The maximum Gasteiger partial charge on any atom is 0.393 e. The second-order valence-corrected chi connectivity index (χ2v) is 11.7. The Morgan fingerprint density at radius 2 is 1.95 bits per heavy atom. The van der Waals surface area contributed by atoms with Gasteiger partial charge in [0, 0.05) is 17.8 Å². The summed E-state index contributed by atoms with van der Waals surface area (Å²) >= 11 is 1.26. The Bertz CT molecular complexity index is 1470. The van der Waals surface area contributed by atoms with E-state index in [9.17, 15) is 21.6 Å². The van der Waals surface area contributed by atoms with Crippen molar-refractivity contribution in [3.8, 4) is 17.6 Å². The minimum atomic E-state index is -4.37. The van der Waals surface area contributed by atoms with Gasteiger partial charge < -0.3 is 20.3 Å². The molecule has 0 unspecified atom stereocenters. The molecular formula is C26H29F3N4O3S2. The highest BCUT2D eigenvalue weighted by atomic mass is 32.2. The average molecular weight is 567 g/mol. The van der Waals surface area contributed by atoms with Crippen molar-refractivity contribution in [3.05, 3.63) is 46.8 Å². The van der Waals surface area contributed by atoms with E-state index in [4.69, 9.17) is 9.88 Å². The number of methoxy groups -OCH3 is 1. The molecule has 0 bridgehead atoms. The molecule has 4 N–H and O–H groups in total. The lowest BCUT2D eigenvalue weighted by Crippen LogP contribution is -2.36. The number of hydrogen-bond donors (Lipinski definition) is 3. The van der Waals surface area contributed by atoms with Crippen molar-refractivity contribution in [2.45, 2.75) is 36.4 Å². The summed E-state index contributed by atoms with van der Waals surface area (Å²) in [5.41, 5.74) is 1.54. The summed E-state index contributed by atoms with van der Waals surface area (Å²) in [4.78, 5) is 2.49. The molecule has 4 rings (SSSR count). The van der Waals surface area contributed by atoms with E-state index >= 15 is 0 Å². The average Bonchev–Trinajstić information content (AvgIpc) is 3.19. The van der Waals surface area contributed by atoms with Gasteiger partial charge in [0.05, 0.1) is 35.3 Å². The first-order valence-electron chi connectivity index (χ1n) is 11.9. The van der Waals surface area contributed by atoms with Crippen molar-refractivity contribution in [2.75, 3.05) is 44.4 Å². The first-order valence-corrected chi connectivity index (χ1v) is 14.3. The third-order valence-electron chi connectivity index (χ3n) is 6.33. The van der Waals surface area contributed by atoms with Gasteiger partial charge in [-0.25, -0.2) is 13.6 Å². The molecule has 0 spiro atoms. The highest BCUT2D eigenvalue weighted by molar-refractivity contribution is 7.89. The van der Waals surface area contributed by atoms with Crippen LogP contribution in [0, 0.1) is 11.8 Å². The number of nitrogens with two attached hydrogens (primary N) is 1. The van der Waals surface area contributed by atoms with Gasteiger partial charge in [0.2, 0.25) is 10.0 Å². The molecule has 0 radical (unpaired) electrons. The Kier molecular flexibility index (Phi) is 8.42. The Morgan fingerprint density at radius 3 is 2.61 bits per heavy atom. The molecular weight excluding hydrogens is 537 g/mol. The van der Waals surface area contributed by atoms with Crippen LogP contribution in [-0.4, -0.2) is 59.3 Å². The highest BCUT2D eigenvalue weighted by Gasteiger charge is 2.31. The first-order chi connectivity index (χ1) is 17.9. The third kappa shape index (κ3) is 6.91. The molecule has 2 aromatic carbocycles. The van der Waals surface area contributed by atoms with Crippen LogP contribution in [0.2, 0.25) is 0 Å². The van der Waals surface area contributed by atoms with E-state index < -0.39 is 22.6 Å². The fourth-order valence-electron chi connectivity index (χ4n) is 4.42. The van der Waals surface area contributed by atoms with Gasteiger partial charge in [-0.05, 0) is 62.1 Å². The summed E-state index contributed by atoms with van der Waals surface area (Å²) in [6.45, 7) is 2.06. The highest BCUT2D eigenvalue weighted by Crippen LogP contribution is 2.39. The Morgan fingerprint density at radius 1 is 1.21 bits per heavy atom. The van der Waals surface area contributed by atoms with Crippen LogP contribution in [0.5, 0.6) is 5.75 Å². The van der Waals surface area contributed by atoms with Gasteiger partial charge in [0.25, 0.3) is 0 Å². The Labute approximate surface area is 224 Å². The van der Waals surface area contributed by atoms with Crippen molar-refractivity contribution in [1.82, 2.24) is 4.90 Å². The summed E-state index contributed by atoms with van der Waals surface area (Å²) in [6.07, 6.45) is -3.50. The van der Waals surface area contributed by atoms with E-state index in [2.05, 4.69) is 34.4 Å². The van der Waals surface area contributed by atoms with Gasteiger partial charge in [-0.15, -0.1) is 11.3 Å². The minimum Gasteiger partial charge on any atom is -0.495 e. The van der Waals surface area contributed by atoms with Crippen molar-refractivity contribution < 1.29 is 26.3 Å². The van der Waals surface area contributed by atoms with E-state index in [0.717, 1.165) is 36.3 Å². The largest absolute Gasteiger partial charge is 0.495 e. The molecule has 1 aliphatic rings. The lowest BCUT2D eigenvalue weighted by molar-refractivity contribution is -0.126. The number of piperidine rings is 1. The number of benzene rings is 2. The zero-order chi connectivity index (χ0) is 27.5. The Balaban J connectivity index is 1.58. The fourth-order valence-corrected chi connectivity index (χ4v) is 6.27. The summed E-state index contributed by atoms with van der Waals surface area (Å²) < 4.78 is 69.7. The number of primary sulfonamides is 1. The van der Waals surface area contributed by atoms with Crippen LogP contribution in [0.15, 0.2) is 41.3 Å². The summed E-state index contributed by atoms with van der Waals surface area (Å²) in [5.74, 6) is 5.89. The smallest absolute Gasteiger partial charge is 0.393 e. The van der Waals surface area contributed by atoms with E-state index in [0.29, 0.717) is 16.0 Å². The van der Waals surface area contributed by atoms with Gasteiger partial charge in [0.15, 0.2) is 0 Å². The predicted molar refractivity (Wildman–Crippen MR) is 145 cm³/mol. The van der Waals surface area contributed by atoms with Crippen molar-refractivity contribution in [3.63, 3.8) is 0 Å². The molecule has 2 heterocycles. The van der Waals surface area contributed by atoms with Crippen molar-refractivity contribution in [1.29, 1.82) is 0 Å². The van der Waals surface area contributed by atoms with Crippen molar-refractivity contribution >= 4 is 42.8 Å². The van der Waals surface area contributed by atoms with Gasteiger partial charge in [-0.1, -0.05) is 24.0 Å². The lowest BCUT2D eigenvalue weighted by atomic mass is 10.0. The number of ether oxygens (including phenoxy) is 1. The molecule has 1 saturated heterocycles. The van der Waals surface area contributed by atoms with Crippen LogP contribution < -0.4 is 20.5 Å². The van der Waals surface area contributed by atoms with Gasteiger partial charge in [0.1, 0.15) is 10.6 Å². The number of halogens is 3. The van der Waals surface area contributed by atoms with E-state index in [1.54, 1.807) is 12.1 Å². The molecule has 3 aromatic rings. The zero-order valence-electron chi connectivity index (χ0n) is 21.0. The number of thiophene rings is 1. The molecule has 1 aromatic heterocycles. The number of fused-ring (bicyclic) bond motifs is 1. The van der Waals surface area contributed by atoms with Crippen LogP contribution >= 0.6 is 11.3 Å². The second kappa shape index (κ2) is 11.4. The maximum atomic E-state index is 13.5. The minimum absolute atomic E-state index is 0.0760. The number of alkyl halides is 3. The summed E-state index contributed by atoms with van der Waals surface area (Å²) in [5, 5.41) is 12.3.